The van der Waals surface area contributed by atoms with Gasteiger partial charge in [-0.2, -0.15) is 0 Å². The Hall–Kier alpha value is -2.37. The summed E-state index contributed by atoms with van der Waals surface area (Å²) < 4.78 is 4.93. The smallest absolute Gasteiger partial charge is 0.338 e. The van der Waals surface area contributed by atoms with Gasteiger partial charge in [0.15, 0.2) is 6.61 Å². The highest BCUT2D eigenvalue weighted by Gasteiger charge is 2.15. The van der Waals surface area contributed by atoms with E-state index in [4.69, 9.17) is 4.74 Å². The molecular formula is C16H20N2O4. The predicted octanol–water partition coefficient (Wildman–Crippen LogP) is 1.57. The third-order valence-corrected chi connectivity index (χ3v) is 3.51. The third-order valence-electron chi connectivity index (χ3n) is 3.51. The van der Waals surface area contributed by atoms with E-state index in [-0.39, 0.29) is 0 Å². The molecule has 0 saturated heterocycles. The lowest BCUT2D eigenvalue weighted by Crippen LogP contribution is -2.41. The molecule has 3 amide bonds. The maximum atomic E-state index is 11.9. The SMILES string of the molecule is CCNC(=O)NC(=O)COC(=O)c1ccc2c(c1)CCCC2. The highest BCUT2D eigenvalue weighted by molar-refractivity contribution is 5.97. The van der Waals surface area contributed by atoms with E-state index in [1.807, 2.05) is 12.1 Å². The van der Waals surface area contributed by atoms with Gasteiger partial charge < -0.3 is 10.1 Å². The van der Waals surface area contributed by atoms with E-state index in [2.05, 4.69) is 10.6 Å². The van der Waals surface area contributed by atoms with E-state index in [9.17, 15) is 14.4 Å². The summed E-state index contributed by atoms with van der Waals surface area (Å²) in [6, 6.07) is 4.89. The Morgan fingerprint density at radius 1 is 1.14 bits per heavy atom. The van der Waals surface area contributed by atoms with Gasteiger partial charge in [-0.25, -0.2) is 9.59 Å². The van der Waals surface area contributed by atoms with Crippen LogP contribution in [0, 0.1) is 0 Å². The molecule has 0 bridgehead atoms. The van der Waals surface area contributed by atoms with Gasteiger partial charge in [0, 0.05) is 6.54 Å². The maximum Gasteiger partial charge on any atom is 0.338 e. The fourth-order valence-electron chi connectivity index (χ4n) is 2.44. The van der Waals surface area contributed by atoms with Crippen molar-refractivity contribution in [3.63, 3.8) is 0 Å². The molecule has 0 spiro atoms. The van der Waals surface area contributed by atoms with E-state index in [0.717, 1.165) is 19.3 Å². The van der Waals surface area contributed by atoms with Gasteiger partial charge in [0.1, 0.15) is 0 Å². The van der Waals surface area contributed by atoms with Gasteiger partial charge in [-0.05, 0) is 55.9 Å². The minimum atomic E-state index is -0.655. The molecule has 0 aromatic heterocycles. The van der Waals surface area contributed by atoms with E-state index >= 15 is 0 Å². The van der Waals surface area contributed by atoms with Gasteiger partial charge in [-0.1, -0.05) is 6.07 Å². The number of hydrogen-bond donors (Lipinski definition) is 2. The van der Waals surface area contributed by atoms with Crippen LogP contribution in [0.3, 0.4) is 0 Å². The Morgan fingerprint density at radius 3 is 2.59 bits per heavy atom. The van der Waals surface area contributed by atoms with Crippen LogP contribution in [0.15, 0.2) is 18.2 Å². The zero-order chi connectivity index (χ0) is 15.9. The first-order valence-corrected chi connectivity index (χ1v) is 7.46. The molecule has 2 rings (SSSR count). The number of urea groups is 1. The van der Waals surface area contributed by atoms with Crippen molar-refractivity contribution < 1.29 is 19.1 Å². The van der Waals surface area contributed by atoms with Crippen molar-refractivity contribution in [3.05, 3.63) is 34.9 Å². The molecule has 0 unspecified atom stereocenters. The Kier molecular flexibility index (Phi) is 5.52. The first kappa shape index (κ1) is 16.0. The molecule has 6 nitrogen and oxygen atoms in total. The largest absolute Gasteiger partial charge is 0.452 e. The number of nitrogens with one attached hydrogen (secondary N) is 2. The number of esters is 1. The van der Waals surface area contributed by atoms with Gasteiger partial charge in [-0.3, -0.25) is 10.1 Å². The lowest BCUT2D eigenvalue weighted by atomic mass is 9.90. The zero-order valence-corrected chi connectivity index (χ0v) is 12.6. The Labute approximate surface area is 129 Å². The van der Waals surface area contributed by atoms with E-state index < -0.39 is 24.5 Å². The fraction of sp³-hybridized carbons (Fsp3) is 0.438. The van der Waals surface area contributed by atoms with Crippen LogP contribution in [0.5, 0.6) is 0 Å². The van der Waals surface area contributed by atoms with Crippen molar-refractivity contribution in [3.8, 4) is 0 Å². The minimum Gasteiger partial charge on any atom is -0.452 e. The number of carbonyl (C=O) groups excluding carboxylic acids is 3. The van der Waals surface area contributed by atoms with E-state index in [0.29, 0.717) is 12.1 Å². The first-order chi connectivity index (χ1) is 10.6. The standard InChI is InChI=1S/C16H20N2O4/c1-2-17-16(21)18-14(19)10-22-15(20)13-8-7-11-5-3-4-6-12(11)9-13/h7-9H,2-6,10H2,1H3,(H2,17,18,19,21). The van der Waals surface area contributed by atoms with Crippen LogP contribution in [0.25, 0.3) is 0 Å². The molecule has 1 aromatic rings. The number of aryl methyl sites for hydroxylation is 2. The summed E-state index contributed by atoms with van der Waals surface area (Å²) >= 11 is 0. The summed E-state index contributed by atoms with van der Waals surface area (Å²) in [6.45, 7) is 1.67. The second-order valence-corrected chi connectivity index (χ2v) is 5.17. The number of ether oxygens (including phenoxy) is 1. The average molecular weight is 304 g/mol. The van der Waals surface area contributed by atoms with Gasteiger partial charge in [-0.15, -0.1) is 0 Å². The number of hydrogen-bond acceptors (Lipinski definition) is 4. The summed E-state index contributed by atoms with van der Waals surface area (Å²) in [7, 11) is 0. The van der Waals surface area contributed by atoms with Crippen LogP contribution in [0.1, 0.15) is 41.3 Å². The van der Waals surface area contributed by atoms with Crippen molar-refractivity contribution in [1.82, 2.24) is 10.6 Å². The second kappa shape index (κ2) is 7.59. The minimum absolute atomic E-state index is 0.411. The van der Waals surface area contributed by atoms with Crippen molar-refractivity contribution in [2.75, 3.05) is 13.2 Å². The molecule has 0 aliphatic heterocycles. The summed E-state index contributed by atoms with van der Waals surface area (Å²) in [5.74, 6) is -1.21. The van der Waals surface area contributed by atoms with Crippen LogP contribution in [0.2, 0.25) is 0 Å². The molecule has 6 heteroatoms. The number of carbonyl (C=O) groups is 3. The van der Waals surface area contributed by atoms with Gasteiger partial charge in [0.2, 0.25) is 0 Å². The summed E-state index contributed by atoms with van der Waals surface area (Å²) in [4.78, 5) is 34.5. The molecular weight excluding hydrogens is 284 g/mol. The summed E-state index contributed by atoms with van der Waals surface area (Å²) in [5, 5.41) is 4.49. The van der Waals surface area contributed by atoms with Crippen LogP contribution in [-0.2, 0) is 22.4 Å². The molecule has 1 aromatic carbocycles. The average Bonchev–Trinajstić information content (AvgIpc) is 2.52. The highest BCUT2D eigenvalue weighted by atomic mass is 16.5. The summed E-state index contributed by atoms with van der Waals surface area (Å²) in [6.07, 6.45) is 4.31. The topological polar surface area (TPSA) is 84.5 Å². The normalized spacial score (nSPS) is 13.0. The number of rotatable bonds is 4. The van der Waals surface area contributed by atoms with Crippen molar-refractivity contribution in [1.29, 1.82) is 0 Å². The number of fused-ring (bicyclic) bond motifs is 1. The molecule has 2 N–H and O–H groups in total. The molecule has 0 atom stereocenters. The molecule has 1 aliphatic rings. The van der Waals surface area contributed by atoms with E-state index in [1.165, 1.54) is 17.5 Å². The van der Waals surface area contributed by atoms with Crippen molar-refractivity contribution >= 4 is 17.9 Å². The molecule has 22 heavy (non-hydrogen) atoms. The monoisotopic (exact) mass is 304 g/mol. The second-order valence-electron chi connectivity index (χ2n) is 5.17. The molecule has 0 fully saturated rings. The Morgan fingerprint density at radius 2 is 1.86 bits per heavy atom. The van der Waals surface area contributed by atoms with Crippen LogP contribution >= 0.6 is 0 Å². The molecule has 1 aliphatic carbocycles. The molecule has 0 radical (unpaired) electrons. The maximum absolute atomic E-state index is 11.9. The number of imide groups is 1. The van der Waals surface area contributed by atoms with Crippen molar-refractivity contribution in [2.24, 2.45) is 0 Å². The van der Waals surface area contributed by atoms with Gasteiger partial charge in [0.25, 0.3) is 5.91 Å². The zero-order valence-electron chi connectivity index (χ0n) is 12.6. The molecule has 0 saturated carbocycles. The van der Waals surface area contributed by atoms with E-state index in [1.54, 1.807) is 13.0 Å². The lowest BCUT2D eigenvalue weighted by Gasteiger charge is -2.16. The van der Waals surface area contributed by atoms with Gasteiger partial charge >= 0.3 is 12.0 Å². The molecule has 0 heterocycles. The Balaban J connectivity index is 1.87. The fourth-order valence-corrected chi connectivity index (χ4v) is 2.44. The quantitative estimate of drug-likeness (QED) is 0.827. The van der Waals surface area contributed by atoms with Crippen LogP contribution in [0.4, 0.5) is 4.79 Å². The molecule has 118 valence electrons. The Bertz CT molecular complexity index is 584. The van der Waals surface area contributed by atoms with Gasteiger partial charge in [0.05, 0.1) is 5.56 Å². The third kappa shape index (κ3) is 4.31. The predicted molar refractivity (Wildman–Crippen MR) is 80.6 cm³/mol. The van der Waals surface area contributed by atoms with Crippen molar-refractivity contribution in [2.45, 2.75) is 32.6 Å². The first-order valence-electron chi connectivity index (χ1n) is 7.46. The highest BCUT2D eigenvalue weighted by Crippen LogP contribution is 2.22. The lowest BCUT2D eigenvalue weighted by molar-refractivity contribution is -0.123. The van der Waals surface area contributed by atoms with Crippen LogP contribution < -0.4 is 10.6 Å². The number of benzene rings is 1. The number of amides is 3. The van der Waals surface area contributed by atoms with Crippen LogP contribution in [-0.4, -0.2) is 31.1 Å². The summed E-state index contributed by atoms with van der Waals surface area (Å²) in [5.41, 5.74) is 2.88.